The highest BCUT2D eigenvalue weighted by atomic mass is 35.5. The van der Waals surface area contributed by atoms with E-state index in [9.17, 15) is 13.5 Å². The fourth-order valence-corrected chi connectivity index (χ4v) is 5.24. The topological polar surface area (TPSA) is 57.6 Å². The lowest BCUT2D eigenvalue weighted by molar-refractivity contribution is 0.281. The summed E-state index contributed by atoms with van der Waals surface area (Å²) in [6, 6.07) is 6.54. The lowest BCUT2D eigenvalue weighted by Crippen LogP contribution is -2.35. The summed E-state index contributed by atoms with van der Waals surface area (Å²) in [7, 11) is -3.65. The summed E-state index contributed by atoms with van der Waals surface area (Å²) < 4.78 is 27.0. The zero-order valence-electron chi connectivity index (χ0n) is 11.1. The maximum atomic E-state index is 12.8. The highest BCUT2D eigenvalue weighted by molar-refractivity contribution is 7.89. The quantitative estimate of drug-likeness (QED) is 0.932. The van der Waals surface area contributed by atoms with Crippen molar-refractivity contribution in [3.63, 3.8) is 0 Å². The van der Waals surface area contributed by atoms with Gasteiger partial charge < -0.3 is 5.11 Å². The number of sulfonamides is 1. The third-order valence-corrected chi connectivity index (χ3v) is 6.92. The smallest absolute Gasteiger partial charge is 0.244 e. The van der Waals surface area contributed by atoms with Gasteiger partial charge in [-0.3, -0.25) is 0 Å². The number of thiophene rings is 1. The molecule has 0 spiro atoms. The number of fused-ring (bicyclic) bond motifs is 1. The van der Waals surface area contributed by atoms with E-state index in [4.69, 9.17) is 11.6 Å². The molecule has 0 fully saturated rings. The minimum atomic E-state index is -3.65. The Balaban J connectivity index is 1.98. The Hall–Kier alpha value is -0.920. The Labute approximate surface area is 132 Å². The molecule has 0 atom stereocenters. The van der Waals surface area contributed by atoms with Crippen molar-refractivity contribution in [3.8, 4) is 0 Å². The first-order valence-corrected chi connectivity index (χ1v) is 9.17. The maximum absolute atomic E-state index is 12.8. The van der Waals surface area contributed by atoms with Gasteiger partial charge >= 0.3 is 0 Å². The third-order valence-electron chi connectivity index (χ3n) is 3.57. The molecule has 1 aromatic carbocycles. The van der Waals surface area contributed by atoms with E-state index in [-0.39, 0.29) is 16.5 Å². The molecule has 0 saturated carbocycles. The van der Waals surface area contributed by atoms with Gasteiger partial charge in [-0.15, -0.1) is 11.3 Å². The molecular weight excluding hydrogens is 330 g/mol. The van der Waals surface area contributed by atoms with Crippen LogP contribution in [0.2, 0.25) is 5.02 Å². The van der Waals surface area contributed by atoms with Crippen molar-refractivity contribution in [2.24, 2.45) is 0 Å². The van der Waals surface area contributed by atoms with Gasteiger partial charge in [-0.2, -0.15) is 4.31 Å². The molecule has 4 nitrogen and oxygen atoms in total. The Kier molecular flexibility index (Phi) is 4.07. The van der Waals surface area contributed by atoms with Crippen LogP contribution < -0.4 is 0 Å². The van der Waals surface area contributed by atoms with E-state index in [0.29, 0.717) is 18.7 Å². The number of halogens is 1. The Bertz CT molecular complexity index is 770. The third kappa shape index (κ3) is 2.74. The van der Waals surface area contributed by atoms with Crippen LogP contribution >= 0.6 is 22.9 Å². The fourth-order valence-electron chi connectivity index (χ4n) is 2.41. The van der Waals surface area contributed by atoms with Gasteiger partial charge in [0.15, 0.2) is 0 Å². The SMILES string of the molecule is O=S(=O)(c1cc(CO)ccc1Cl)N1CCc2sccc2C1. The lowest BCUT2D eigenvalue weighted by atomic mass is 10.1. The van der Waals surface area contributed by atoms with E-state index in [2.05, 4.69) is 0 Å². The summed E-state index contributed by atoms with van der Waals surface area (Å²) in [6.07, 6.45) is 0.726. The zero-order chi connectivity index (χ0) is 15.0. The minimum absolute atomic E-state index is 0.0643. The van der Waals surface area contributed by atoms with Gasteiger partial charge in [-0.25, -0.2) is 8.42 Å². The Morgan fingerprint density at radius 3 is 2.90 bits per heavy atom. The molecule has 0 radical (unpaired) electrons. The van der Waals surface area contributed by atoms with Crippen molar-refractivity contribution in [2.75, 3.05) is 6.54 Å². The van der Waals surface area contributed by atoms with Gasteiger partial charge in [-0.1, -0.05) is 17.7 Å². The number of hydrogen-bond donors (Lipinski definition) is 1. The van der Waals surface area contributed by atoms with Crippen molar-refractivity contribution in [2.45, 2.75) is 24.5 Å². The number of aliphatic hydroxyl groups is 1. The van der Waals surface area contributed by atoms with Crippen LogP contribution in [0.4, 0.5) is 0 Å². The number of nitrogens with zero attached hydrogens (tertiary/aromatic N) is 1. The van der Waals surface area contributed by atoms with Crippen LogP contribution in [0.15, 0.2) is 34.5 Å². The van der Waals surface area contributed by atoms with Crippen molar-refractivity contribution in [3.05, 3.63) is 50.7 Å². The van der Waals surface area contributed by atoms with Crippen LogP contribution in [0.3, 0.4) is 0 Å². The van der Waals surface area contributed by atoms with Crippen molar-refractivity contribution in [1.82, 2.24) is 4.31 Å². The fraction of sp³-hybridized carbons (Fsp3) is 0.286. The highest BCUT2D eigenvalue weighted by Crippen LogP contribution is 2.31. The highest BCUT2D eigenvalue weighted by Gasteiger charge is 2.30. The average Bonchev–Trinajstić information content (AvgIpc) is 2.95. The molecule has 0 amide bonds. The van der Waals surface area contributed by atoms with E-state index in [1.54, 1.807) is 17.4 Å². The molecule has 7 heteroatoms. The predicted molar refractivity (Wildman–Crippen MR) is 83.0 cm³/mol. The number of aliphatic hydroxyl groups excluding tert-OH is 1. The molecule has 0 bridgehead atoms. The van der Waals surface area contributed by atoms with Crippen LogP contribution in [0.25, 0.3) is 0 Å². The molecule has 112 valence electrons. The average molecular weight is 344 g/mol. The summed E-state index contributed by atoms with van der Waals surface area (Å²) in [6.45, 7) is 0.616. The van der Waals surface area contributed by atoms with Crippen molar-refractivity contribution >= 4 is 33.0 Å². The van der Waals surface area contributed by atoms with E-state index >= 15 is 0 Å². The molecule has 1 aromatic heterocycles. The zero-order valence-corrected chi connectivity index (χ0v) is 13.5. The van der Waals surface area contributed by atoms with E-state index in [1.807, 2.05) is 11.4 Å². The molecule has 0 aliphatic carbocycles. The monoisotopic (exact) mass is 343 g/mol. The Morgan fingerprint density at radius 2 is 2.14 bits per heavy atom. The van der Waals surface area contributed by atoms with Crippen LogP contribution in [-0.2, 0) is 29.6 Å². The predicted octanol–water partition coefficient (Wildman–Crippen LogP) is 2.64. The first-order chi connectivity index (χ1) is 10.0. The summed E-state index contributed by atoms with van der Waals surface area (Å²) >= 11 is 7.71. The van der Waals surface area contributed by atoms with E-state index in [0.717, 1.165) is 12.0 Å². The van der Waals surface area contributed by atoms with Crippen molar-refractivity contribution in [1.29, 1.82) is 0 Å². The van der Waals surface area contributed by atoms with Crippen LogP contribution in [-0.4, -0.2) is 24.4 Å². The molecule has 2 heterocycles. The maximum Gasteiger partial charge on any atom is 0.244 e. The van der Waals surface area contributed by atoms with Gasteiger partial charge in [0, 0.05) is 18.0 Å². The molecular formula is C14H14ClNO3S2. The van der Waals surface area contributed by atoms with E-state index in [1.165, 1.54) is 21.3 Å². The summed E-state index contributed by atoms with van der Waals surface area (Å²) in [5.41, 5.74) is 1.59. The molecule has 1 aliphatic heterocycles. The van der Waals surface area contributed by atoms with Crippen molar-refractivity contribution < 1.29 is 13.5 Å². The minimum Gasteiger partial charge on any atom is -0.392 e. The van der Waals surface area contributed by atoms with Gasteiger partial charge in [-0.05, 0) is 41.1 Å². The number of rotatable bonds is 3. The number of benzene rings is 1. The van der Waals surface area contributed by atoms with Gasteiger partial charge in [0.1, 0.15) is 4.90 Å². The first-order valence-electron chi connectivity index (χ1n) is 6.47. The van der Waals surface area contributed by atoms with E-state index < -0.39 is 10.0 Å². The summed E-state index contributed by atoms with van der Waals surface area (Å²) in [5, 5.41) is 11.4. The lowest BCUT2D eigenvalue weighted by Gasteiger charge is -2.26. The van der Waals surface area contributed by atoms with Gasteiger partial charge in [0.25, 0.3) is 0 Å². The second kappa shape index (κ2) is 5.70. The molecule has 0 unspecified atom stereocenters. The molecule has 0 saturated heterocycles. The van der Waals surface area contributed by atoms with Crippen LogP contribution in [0, 0.1) is 0 Å². The summed E-state index contributed by atoms with van der Waals surface area (Å²) in [5.74, 6) is 0. The molecule has 21 heavy (non-hydrogen) atoms. The molecule has 3 rings (SSSR count). The summed E-state index contributed by atoms with van der Waals surface area (Å²) in [4.78, 5) is 1.31. The largest absolute Gasteiger partial charge is 0.392 e. The second-order valence-electron chi connectivity index (χ2n) is 4.88. The standard InChI is InChI=1S/C14H14ClNO3S2/c15-12-2-1-10(9-17)7-14(12)21(18,19)16-5-3-13-11(8-16)4-6-20-13/h1-2,4,6-7,17H,3,5,8-9H2. The molecule has 2 aromatic rings. The number of hydrogen-bond acceptors (Lipinski definition) is 4. The Morgan fingerprint density at radius 1 is 1.33 bits per heavy atom. The van der Waals surface area contributed by atoms with Crippen LogP contribution in [0.1, 0.15) is 16.0 Å². The van der Waals surface area contributed by atoms with Crippen LogP contribution in [0.5, 0.6) is 0 Å². The second-order valence-corrected chi connectivity index (χ2v) is 8.19. The van der Waals surface area contributed by atoms with Gasteiger partial charge in [0.05, 0.1) is 11.6 Å². The first kappa shape index (κ1) is 15.0. The molecule has 1 N–H and O–H groups in total. The van der Waals surface area contributed by atoms with Gasteiger partial charge in [0.2, 0.25) is 10.0 Å². The molecule has 1 aliphatic rings. The normalized spacial score (nSPS) is 15.9.